The van der Waals surface area contributed by atoms with Gasteiger partial charge in [-0.15, -0.1) is 0 Å². The minimum absolute atomic E-state index is 0.111. The van der Waals surface area contributed by atoms with Crippen LogP contribution < -0.4 is 0 Å². The van der Waals surface area contributed by atoms with Crippen molar-refractivity contribution in [1.82, 2.24) is 0 Å². The molecular weight excluding hydrogens is 230 g/mol. The van der Waals surface area contributed by atoms with Crippen molar-refractivity contribution in [1.29, 1.82) is 0 Å². The van der Waals surface area contributed by atoms with E-state index in [9.17, 15) is 8.78 Å². The maximum Gasteiger partial charge on any atom is 0.257 e. The predicted octanol–water partition coefficient (Wildman–Crippen LogP) is 5.53. The molecule has 0 saturated heterocycles. The van der Waals surface area contributed by atoms with Gasteiger partial charge < -0.3 is 0 Å². The van der Waals surface area contributed by atoms with Gasteiger partial charge in [0.15, 0.2) is 0 Å². The summed E-state index contributed by atoms with van der Waals surface area (Å²) in [7, 11) is 0. The smallest absolute Gasteiger partial charge is 0.206 e. The van der Waals surface area contributed by atoms with Crippen LogP contribution in [0.4, 0.5) is 8.78 Å². The van der Waals surface area contributed by atoms with Crippen LogP contribution in [-0.4, -0.2) is 5.92 Å². The van der Waals surface area contributed by atoms with Gasteiger partial charge in [0.05, 0.1) is 5.41 Å². The molecule has 0 heterocycles. The van der Waals surface area contributed by atoms with Crippen molar-refractivity contribution in [3.8, 4) is 0 Å². The zero-order chi connectivity index (χ0) is 14.4. The van der Waals surface area contributed by atoms with Crippen molar-refractivity contribution >= 4 is 0 Å². The Hall–Kier alpha value is -0.920. The van der Waals surface area contributed by atoms with Crippen molar-refractivity contribution in [3.63, 3.8) is 0 Å². The van der Waals surface area contributed by atoms with Crippen molar-refractivity contribution in [2.24, 2.45) is 10.8 Å². The van der Waals surface area contributed by atoms with Gasteiger partial charge in [0.1, 0.15) is 0 Å². The summed E-state index contributed by atoms with van der Waals surface area (Å²) in [6.07, 6.45) is 3.66. The molecule has 0 aromatic rings. The Labute approximate surface area is 109 Å². The number of alkyl halides is 2. The van der Waals surface area contributed by atoms with E-state index in [1.807, 2.05) is 39.8 Å². The number of rotatable bonds is 1. The third-order valence-corrected chi connectivity index (χ3v) is 3.95. The fourth-order valence-electron chi connectivity index (χ4n) is 2.82. The molecule has 1 rings (SSSR count). The lowest BCUT2D eigenvalue weighted by molar-refractivity contribution is -0.123. The minimum Gasteiger partial charge on any atom is -0.206 e. The van der Waals surface area contributed by atoms with Crippen LogP contribution in [0.3, 0.4) is 0 Å². The van der Waals surface area contributed by atoms with E-state index in [4.69, 9.17) is 0 Å². The maximum atomic E-state index is 14.4. The first kappa shape index (κ1) is 15.1. The van der Waals surface area contributed by atoms with Crippen molar-refractivity contribution in [2.75, 3.05) is 0 Å². The van der Waals surface area contributed by atoms with E-state index < -0.39 is 16.8 Å². The van der Waals surface area contributed by atoms with Gasteiger partial charge in [-0.2, -0.15) is 0 Å². The summed E-state index contributed by atoms with van der Waals surface area (Å²) in [4.78, 5) is 0. The molecule has 0 bridgehead atoms. The van der Waals surface area contributed by atoms with Gasteiger partial charge in [-0.05, 0) is 44.3 Å². The summed E-state index contributed by atoms with van der Waals surface area (Å²) < 4.78 is 28.8. The number of hydrogen-bond acceptors (Lipinski definition) is 0. The summed E-state index contributed by atoms with van der Waals surface area (Å²) in [5.74, 6) is -2.70. The van der Waals surface area contributed by atoms with Crippen LogP contribution >= 0.6 is 0 Å². The van der Waals surface area contributed by atoms with Gasteiger partial charge in [-0.3, -0.25) is 0 Å². The average molecular weight is 254 g/mol. The van der Waals surface area contributed by atoms with Crippen LogP contribution in [0.2, 0.25) is 0 Å². The van der Waals surface area contributed by atoms with E-state index in [1.165, 1.54) is 0 Å². The number of allylic oxidation sites excluding steroid dienone is 5. The Balaban J connectivity index is 3.52. The zero-order valence-corrected chi connectivity index (χ0v) is 12.3. The molecule has 0 radical (unpaired) electrons. The molecule has 0 unspecified atom stereocenters. The summed E-state index contributed by atoms with van der Waals surface area (Å²) in [6.45, 7) is 14.6. The molecule has 0 atom stereocenters. The summed E-state index contributed by atoms with van der Waals surface area (Å²) in [6, 6.07) is 0. The Morgan fingerprint density at radius 2 is 1.67 bits per heavy atom. The Kier molecular flexibility index (Phi) is 3.64. The quantitative estimate of drug-likeness (QED) is 0.577. The van der Waals surface area contributed by atoms with E-state index in [0.717, 1.165) is 16.7 Å². The molecule has 102 valence electrons. The van der Waals surface area contributed by atoms with Gasteiger partial charge in [0, 0.05) is 6.42 Å². The van der Waals surface area contributed by atoms with Gasteiger partial charge in [-0.1, -0.05) is 38.2 Å². The molecule has 1 fully saturated rings. The van der Waals surface area contributed by atoms with Gasteiger partial charge in [-0.25, -0.2) is 8.78 Å². The molecule has 0 aromatic carbocycles. The topological polar surface area (TPSA) is 0 Å². The standard InChI is InChI=1S/C16H24F2/c1-8-12-13(9-11(2)3)15(6,7)16(17,18)10-14(12,4)5/h8-9H,2,10H2,1,3-7H3/b12-8+,13-9+. The second-order valence-corrected chi connectivity index (χ2v) is 6.50. The van der Waals surface area contributed by atoms with Gasteiger partial charge in [0.2, 0.25) is 0 Å². The largest absolute Gasteiger partial charge is 0.257 e. The molecule has 0 N–H and O–H groups in total. The van der Waals surface area contributed by atoms with E-state index >= 15 is 0 Å². The van der Waals surface area contributed by atoms with E-state index in [1.54, 1.807) is 13.8 Å². The summed E-state index contributed by atoms with van der Waals surface area (Å²) in [5, 5.41) is 0. The third-order valence-electron chi connectivity index (χ3n) is 3.95. The van der Waals surface area contributed by atoms with Crippen LogP contribution in [0.1, 0.15) is 48.0 Å². The summed E-state index contributed by atoms with van der Waals surface area (Å²) in [5.41, 5.74) is 0.893. The number of hydrogen-bond donors (Lipinski definition) is 0. The zero-order valence-electron chi connectivity index (χ0n) is 12.3. The van der Waals surface area contributed by atoms with Crippen molar-refractivity contribution in [2.45, 2.75) is 53.9 Å². The molecule has 1 aliphatic rings. The normalized spacial score (nSPS) is 29.6. The van der Waals surface area contributed by atoms with Crippen LogP contribution in [-0.2, 0) is 0 Å². The van der Waals surface area contributed by atoms with Crippen LogP contribution in [0.25, 0.3) is 0 Å². The minimum atomic E-state index is -2.70. The first-order valence-corrected chi connectivity index (χ1v) is 6.38. The SMILES string of the molecule is C=C(C)/C=C1\C(=C/C)C(C)(C)CC(F)(F)C1(C)C. The highest BCUT2D eigenvalue weighted by atomic mass is 19.3. The van der Waals surface area contributed by atoms with Gasteiger partial charge >= 0.3 is 0 Å². The molecule has 0 amide bonds. The molecule has 1 saturated carbocycles. The molecular formula is C16H24F2. The van der Waals surface area contributed by atoms with E-state index in [0.29, 0.717) is 0 Å². The van der Waals surface area contributed by atoms with E-state index in [2.05, 4.69) is 6.58 Å². The second-order valence-electron chi connectivity index (χ2n) is 6.50. The first-order chi connectivity index (χ1) is 7.95. The Morgan fingerprint density at radius 3 is 2.06 bits per heavy atom. The first-order valence-electron chi connectivity index (χ1n) is 6.38. The Bertz CT molecular complexity index is 420. The average Bonchev–Trinajstić information content (AvgIpc) is 2.12. The van der Waals surface area contributed by atoms with E-state index in [-0.39, 0.29) is 6.42 Å². The highest BCUT2D eigenvalue weighted by molar-refractivity contribution is 5.47. The highest BCUT2D eigenvalue weighted by Crippen LogP contribution is 2.59. The molecule has 18 heavy (non-hydrogen) atoms. The lowest BCUT2D eigenvalue weighted by atomic mass is 9.58. The molecule has 2 heteroatoms. The Morgan fingerprint density at radius 1 is 1.17 bits per heavy atom. The molecule has 0 nitrogen and oxygen atoms in total. The third kappa shape index (κ3) is 2.30. The van der Waals surface area contributed by atoms with Crippen molar-refractivity contribution < 1.29 is 8.78 Å². The molecule has 0 aromatic heterocycles. The fraction of sp³-hybridized carbons (Fsp3) is 0.625. The van der Waals surface area contributed by atoms with Crippen LogP contribution in [0, 0.1) is 10.8 Å². The molecule has 0 spiro atoms. The lowest BCUT2D eigenvalue weighted by Gasteiger charge is -2.49. The predicted molar refractivity (Wildman–Crippen MR) is 73.8 cm³/mol. The molecule has 0 aliphatic heterocycles. The van der Waals surface area contributed by atoms with Crippen LogP contribution in [0.15, 0.2) is 35.5 Å². The molecule has 1 aliphatic carbocycles. The summed E-state index contributed by atoms with van der Waals surface area (Å²) >= 11 is 0. The van der Waals surface area contributed by atoms with Crippen LogP contribution in [0.5, 0.6) is 0 Å². The lowest BCUT2D eigenvalue weighted by Crippen LogP contribution is -2.48. The maximum absolute atomic E-state index is 14.4. The highest BCUT2D eigenvalue weighted by Gasteiger charge is 2.57. The second kappa shape index (κ2) is 4.32. The van der Waals surface area contributed by atoms with Crippen molar-refractivity contribution in [3.05, 3.63) is 35.5 Å². The fourth-order valence-corrected chi connectivity index (χ4v) is 2.82. The monoisotopic (exact) mass is 254 g/mol. The number of halogens is 2. The van der Waals surface area contributed by atoms with Gasteiger partial charge in [0.25, 0.3) is 5.92 Å².